The Balaban J connectivity index is 1.42. The first kappa shape index (κ1) is 21.7. The Bertz CT molecular complexity index is 1080. The van der Waals surface area contributed by atoms with Gasteiger partial charge in [0.15, 0.2) is 5.75 Å². The first-order chi connectivity index (χ1) is 15.6. The van der Waals surface area contributed by atoms with E-state index in [0.29, 0.717) is 60.4 Å². The van der Waals surface area contributed by atoms with E-state index in [1.807, 2.05) is 60.7 Å². The quantitative estimate of drug-likeness (QED) is 0.571. The van der Waals surface area contributed by atoms with Crippen LogP contribution in [0.5, 0.6) is 11.5 Å². The van der Waals surface area contributed by atoms with E-state index < -0.39 is 0 Å². The van der Waals surface area contributed by atoms with Gasteiger partial charge in [0.1, 0.15) is 5.75 Å². The number of benzene rings is 3. The zero-order chi connectivity index (χ0) is 22.3. The topological polar surface area (TPSA) is 61.9 Å². The molecule has 0 atom stereocenters. The Morgan fingerprint density at radius 2 is 1.47 bits per heavy atom. The summed E-state index contributed by atoms with van der Waals surface area (Å²) in [6.45, 7) is 2.08. The van der Waals surface area contributed by atoms with Crippen molar-refractivity contribution >= 4 is 29.2 Å². The van der Waals surface area contributed by atoms with Gasteiger partial charge >= 0.3 is 6.03 Å². The van der Waals surface area contributed by atoms with E-state index in [1.54, 1.807) is 28.0 Å². The number of nitrogens with one attached hydrogen (secondary N) is 1. The molecule has 0 spiro atoms. The molecule has 0 aromatic heterocycles. The molecule has 164 valence electrons. The van der Waals surface area contributed by atoms with Gasteiger partial charge in [-0.3, -0.25) is 4.79 Å². The van der Waals surface area contributed by atoms with E-state index in [-0.39, 0.29) is 11.9 Å². The monoisotopic (exact) mass is 449 g/mol. The number of urea groups is 1. The molecule has 1 aliphatic heterocycles. The number of amides is 3. The summed E-state index contributed by atoms with van der Waals surface area (Å²) in [7, 11) is 0. The molecule has 6 nitrogen and oxygen atoms in total. The van der Waals surface area contributed by atoms with Crippen LogP contribution in [0, 0.1) is 0 Å². The summed E-state index contributed by atoms with van der Waals surface area (Å²) in [5, 5.41) is 3.42. The molecule has 1 saturated heterocycles. The highest BCUT2D eigenvalue weighted by atomic mass is 35.5. The lowest BCUT2D eigenvalue weighted by molar-refractivity contribution is 0.0762. The molecule has 0 aliphatic carbocycles. The van der Waals surface area contributed by atoms with Crippen LogP contribution < -0.4 is 10.1 Å². The van der Waals surface area contributed by atoms with Gasteiger partial charge in [0.25, 0.3) is 5.91 Å². The minimum absolute atomic E-state index is 0.0127. The maximum absolute atomic E-state index is 13.0. The van der Waals surface area contributed by atoms with E-state index >= 15 is 0 Å². The molecule has 3 aromatic rings. The van der Waals surface area contributed by atoms with Crippen LogP contribution in [0.4, 0.5) is 10.5 Å². The average Bonchev–Trinajstić information content (AvgIpc) is 3.08. The van der Waals surface area contributed by atoms with Gasteiger partial charge in [0.2, 0.25) is 0 Å². The van der Waals surface area contributed by atoms with Gasteiger partial charge in [-0.15, -0.1) is 0 Å². The van der Waals surface area contributed by atoms with Crippen LogP contribution in [0.15, 0.2) is 78.9 Å². The van der Waals surface area contributed by atoms with Crippen LogP contribution in [0.2, 0.25) is 5.02 Å². The maximum Gasteiger partial charge on any atom is 0.322 e. The molecule has 1 heterocycles. The van der Waals surface area contributed by atoms with E-state index in [0.717, 1.165) is 0 Å². The third-order valence-electron chi connectivity index (χ3n) is 5.25. The van der Waals surface area contributed by atoms with Gasteiger partial charge in [-0.2, -0.15) is 0 Å². The number of anilines is 1. The standard InChI is InChI=1S/C25H24ClN3O3/c26-20-12-13-23(32-21-10-5-2-6-11-21)22(18-20)27-25(31)29-15-7-14-28(16-17-29)24(30)19-8-3-1-4-9-19/h1-6,8-13,18H,7,14-17H2,(H,27,31). The first-order valence-electron chi connectivity index (χ1n) is 10.5. The molecule has 0 saturated carbocycles. The summed E-state index contributed by atoms with van der Waals surface area (Å²) in [4.78, 5) is 29.3. The van der Waals surface area contributed by atoms with E-state index in [4.69, 9.17) is 16.3 Å². The van der Waals surface area contributed by atoms with Gasteiger partial charge in [-0.05, 0) is 48.9 Å². The van der Waals surface area contributed by atoms with Crippen LogP contribution in [-0.2, 0) is 0 Å². The van der Waals surface area contributed by atoms with Gasteiger partial charge in [0, 0.05) is 36.8 Å². The van der Waals surface area contributed by atoms with E-state index in [2.05, 4.69) is 5.32 Å². The highest BCUT2D eigenvalue weighted by Crippen LogP contribution is 2.32. The predicted molar refractivity (Wildman–Crippen MR) is 126 cm³/mol. The lowest BCUT2D eigenvalue weighted by Crippen LogP contribution is -2.39. The number of rotatable bonds is 4. The molecule has 3 aromatic carbocycles. The van der Waals surface area contributed by atoms with Gasteiger partial charge in [-0.1, -0.05) is 48.0 Å². The minimum atomic E-state index is -0.251. The van der Waals surface area contributed by atoms with Crippen LogP contribution in [0.1, 0.15) is 16.8 Å². The van der Waals surface area contributed by atoms with E-state index in [1.165, 1.54) is 0 Å². The van der Waals surface area contributed by atoms with Gasteiger partial charge < -0.3 is 19.9 Å². The van der Waals surface area contributed by atoms with Gasteiger partial charge in [0.05, 0.1) is 5.69 Å². The summed E-state index contributed by atoms with van der Waals surface area (Å²) >= 11 is 6.16. The highest BCUT2D eigenvalue weighted by Gasteiger charge is 2.23. The lowest BCUT2D eigenvalue weighted by Gasteiger charge is -2.23. The van der Waals surface area contributed by atoms with Crippen LogP contribution in [-0.4, -0.2) is 47.9 Å². The van der Waals surface area contributed by atoms with Gasteiger partial charge in [-0.25, -0.2) is 4.79 Å². The summed E-state index contributed by atoms with van der Waals surface area (Å²) < 4.78 is 5.93. The Hall–Kier alpha value is -3.51. The second-order valence-corrected chi connectivity index (χ2v) is 7.92. The number of para-hydroxylation sites is 1. The number of carbonyl (C=O) groups excluding carboxylic acids is 2. The van der Waals surface area contributed by atoms with Crippen LogP contribution in [0.25, 0.3) is 0 Å². The number of halogens is 1. The third kappa shape index (κ3) is 5.39. The fourth-order valence-electron chi connectivity index (χ4n) is 3.59. The summed E-state index contributed by atoms with van der Waals surface area (Å²) in [6.07, 6.45) is 0.703. The fourth-order valence-corrected chi connectivity index (χ4v) is 3.76. The fraction of sp³-hybridized carbons (Fsp3) is 0.200. The molecule has 1 aliphatic rings. The Kier molecular flexibility index (Phi) is 6.92. The molecule has 4 rings (SSSR count). The van der Waals surface area contributed by atoms with Crippen molar-refractivity contribution in [1.82, 2.24) is 9.80 Å². The largest absolute Gasteiger partial charge is 0.455 e. The second-order valence-electron chi connectivity index (χ2n) is 7.48. The molecule has 0 radical (unpaired) electrons. The van der Waals surface area contributed by atoms with Crippen molar-refractivity contribution in [2.45, 2.75) is 6.42 Å². The normalized spacial score (nSPS) is 13.9. The number of ether oxygens (including phenoxy) is 1. The summed E-state index contributed by atoms with van der Waals surface area (Å²) in [5.74, 6) is 1.15. The zero-order valence-corrected chi connectivity index (χ0v) is 18.3. The molecular weight excluding hydrogens is 426 g/mol. The van der Waals surface area contributed by atoms with Crippen LogP contribution in [0.3, 0.4) is 0 Å². The molecular formula is C25H24ClN3O3. The number of nitrogens with zero attached hydrogens (tertiary/aromatic N) is 2. The molecule has 32 heavy (non-hydrogen) atoms. The third-order valence-corrected chi connectivity index (χ3v) is 5.48. The Morgan fingerprint density at radius 3 is 2.22 bits per heavy atom. The van der Waals surface area contributed by atoms with Crippen molar-refractivity contribution < 1.29 is 14.3 Å². The molecule has 7 heteroatoms. The molecule has 1 N–H and O–H groups in total. The molecule has 0 unspecified atom stereocenters. The second kappa shape index (κ2) is 10.2. The number of carbonyl (C=O) groups is 2. The highest BCUT2D eigenvalue weighted by molar-refractivity contribution is 6.31. The van der Waals surface area contributed by atoms with Crippen molar-refractivity contribution in [1.29, 1.82) is 0 Å². The molecule has 3 amide bonds. The average molecular weight is 450 g/mol. The lowest BCUT2D eigenvalue weighted by atomic mass is 10.2. The maximum atomic E-state index is 13.0. The van der Waals surface area contributed by atoms with Crippen molar-refractivity contribution in [2.24, 2.45) is 0 Å². The van der Waals surface area contributed by atoms with Crippen molar-refractivity contribution in [2.75, 3.05) is 31.5 Å². The molecule has 0 bridgehead atoms. The Labute approximate surface area is 192 Å². The van der Waals surface area contributed by atoms with Crippen molar-refractivity contribution in [3.8, 4) is 11.5 Å². The minimum Gasteiger partial charge on any atom is -0.455 e. The predicted octanol–water partition coefficient (Wildman–Crippen LogP) is 5.51. The zero-order valence-electron chi connectivity index (χ0n) is 17.5. The van der Waals surface area contributed by atoms with Crippen LogP contribution >= 0.6 is 11.6 Å². The number of hydrogen-bond donors (Lipinski definition) is 1. The van der Waals surface area contributed by atoms with E-state index in [9.17, 15) is 9.59 Å². The number of hydrogen-bond acceptors (Lipinski definition) is 3. The van der Waals surface area contributed by atoms with Crippen molar-refractivity contribution in [3.63, 3.8) is 0 Å². The smallest absolute Gasteiger partial charge is 0.322 e. The molecule has 1 fully saturated rings. The Morgan fingerprint density at radius 1 is 0.812 bits per heavy atom. The first-order valence-corrected chi connectivity index (χ1v) is 10.9. The SMILES string of the molecule is O=C(Nc1cc(Cl)ccc1Oc1ccccc1)N1CCCN(C(=O)c2ccccc2)CC1. The summed E-state index contributed by atoms with van der Waals surface area (Å²) in [5.41, 5.74) is 1.15. The summed E-state index contributed by atoms with van der Waals surface area (Å²) in [6, 6.07) is 23.4. The van der Waals surface area contributed by atoms with Crippen molar-refractivity contribution in [3.05, 3.63) is 89.4 Å².